The second kappa shape index (κ2) is 2.81. The zero-order valence-electron chi connectivity index (χ0n) is 5.08. The van der Waals surface area contributed by atoms with E-state index in [-0.39, 0.29) is 23.4 Å². The molecule has 0 saturated carbocycles. The van der Waals surface area contributed by atoms with Crippen molar-refractivity contribution in [3.63, 3.8) is 0 Å². The molecule has 0 aromatic carbocycles. The normalized spacial score (nSPS) is 9.80. The number of nitrogen functional groups attached to an aromatic ring is 1. The highest BCUT2D eigenvalue weighted by atomic mass is 35.5. The van der Waals surface area contributed by atoms with E-state index in [0.29, 0.717) is 0 Å². The van der Waals surface area contributed by atoms with Gasteiger partial charge in [-0.1, -0.05) is 11.6 Å². The van der Waals surface area contributed by atoms with Crippen LogP contribution in [0.4, 0.5) is 5.82 Å². The lowest BCUT2D eigenvalue weighted by Gasteiger charge is -1.96. The van der Waals surface area contributed by atoms with Gasteiger partial charge in [0.05, 0.1) is 0 Å². The minimum Gasteiger partial charge on any atom is -0.388 e. The smallest absolute Gasteiger partial charge is 0.157 e. The highest BCUT2D eigenvalue weighted by molar-refractivity contribution is 6.29. The van der Waals surface area contributed by atoms with E-state index in [1.54, 1.807) is 0 Å². The van der Waals surface area contributed by atoms with Crippen molar-refractivity contribution in [1.29, 1.82) is 0 Å². The molecule has 4 nitrogen and oxygen atoms in total. The molecular formula is C5H6ClN3O. The van der Waals surface area contributed by atoms with Crippen LogP contribution in [0.2, 0.25) is 5.15 Å². The molecule has 0 aliphatic carbocycles. The Kier molecular flexibility index (Phi) is 2.03. The first kappa shape index (κ1) is 7.24. The van der Waals surface area contributed by atoms with E-state index in [4.69, 9.17) is 22.4 Å². The maximum absolute atomic E-state index is 8.55. The third kappa shape index (κ3) is 1.55. The number of hydrogen-bond donors (Lipinski definition) is 2. The number of nitrogens with zero attached hydrogens (tertiary/aromatic N) is 2. The second-order valence-corrected chi connectivity index (χ2v) is 2.08. The van der Waals surface area contributed by atoms with Gasteiger partial charge in [0.1, 0.15) is 17.6 Å². The lowest BCUT2D eigenvalue weighted by atomic mass is 10.5. The van der Waals surface area contributed by atoms with Gasteiger partial charge in [-0.25, -0.2) is 9.97 Å². The van der Waals surface area contributed by atoms with Crippen LogP contribution < -0.4 is 5.73 Å². The van der Waals surface area contributed by atoms with Gasteiger partial charge in [-0.05, 0) is 0 Å². The summed E-state index contributed by atoms with van der Waals surface area (Å²) in [5.41, 5.74) is 5.29. The van der Waals surface area contributed by atoms with Gasteiger partial charge in [-0.3, -0.25) is 0 Å². The first-order valence-corrected chi connectivity index (χ1v) is 3.00. The summed E-state index contributed by atoms with van der Waals surface area (Å²) < 4.78 is 0. The van der Waals surface area contributed by atoms with Crippen molar-refractivity contribution in [1.82, 2.24) is 9.97 Å². The van der Waals surface area contributed by atoms with Crippen LogP contribution >= 0.6 is 11.6 Å². The van der Waals surface area contributed by atoms with E-state index < -0.39 is 0 Å². The third-order valence-electron chi connectivity index (χ3n) is 0.902. The van der Waals surface area contributed by atoms with Gasteiger partial charge in [0.25, 0.3) is 0 Å². The average Bonchev–Trinajstić information content (AvgIpc) is 1.85. The minimum atomic E-state index is -0.245. The van der Waals surface area contributed by atoms with Crippen LogP contribution in [0.15, 0.2) is 6.07 Å². The number of aliphatic hydroxyl groups excluding tert-OH is 1. The molecule has 54 valence electrons. The topological polar surface area (TPSA) is 72.0 Å². The van der Waals surface area contributed by atoms with Crippen LogP contribution in [0.25, 0.3) is 0 Å². The van der Waals surface area contributed by atoms with E-state index in [2.05, 4.69) is 9.97 Å². The Labute approximate surface area is 62.7 Å². The number of aliphatic hydroxyl groups is 1. The Morgan fingerprint density at radius 1 is 1.60 bits per heavy atom. The molecule has 0 amide bonds. The molecule has 5 heteroatoms. The average molecular weight is 160 g/mol. The summed E-state index contributed by atoms with van der Waals surface area (Å²) >= 11 is 5.49. The van der Waals surface area contributed by atoms with Crippen LogP contribution in [0.5, 0.6) is 0 Å². The highest BCUT2D eigenvalue weighted by Gasteiger charge is 1.97. The fraction of sp³-hybridized carbons (Fsp3) is 0.200. The highest BCUT2D eigenvalue weighted by Crippen LogP contribution is 2.07. The van der Waals surface area contributed by atoms with E-state index in [0.717, 1.165) is 0 Å². The van der Waals surface area contributed by atoms with Crippen molar-refractivity contribution in [3.05, 3.63) is 17.0 Å². The van der Waals surface area contributed by atoms with Crippen molar-refractivity contribution < 1.29 is 5.11 Å². The summed E-state index contributed by atoms with van der Waals surface area (Å²) in [5, 5.41) is 8.79. The van der Waals surface area contributed by atoms with Crippen molar-refractivity contribution in [2.75, 3.05) is 5.73 Å². The summed E-state index contributed by atoms with van der Waals surface area (Å²) in [7, 11) is 0. The molecule has 0 spiro atoms. The summed E-state index contributed by atoms with van der Waals surface area (Å²) in [6.45, 7) is -0.245. The Bertz CT molecular complexity index is 220. The summed E-state index contributed by atoms with van der Waals surface area (Å²) in [6.07, 6.45) is 0. The Morgan fingerprint density at radius 2 is 2.30 bits per heavy atom. The number of halogens is 1. The largest absolute Gasteiger partial charge is 0.388 e. The standard InChI is InChI=1S/C5H6ClN3O/c6-3-1-4(7)9-5(2-10)8-3/h1,10H,2H2,(H2,7,8,9). The Hall–Kier alpha value is -0.870. The van der Waals surface area contributed by atoms with E-state index in [1.807, 2.05) is 0 Å². The van der Waals surface area contributed by atoms with Crippen LogP contribution in [0.3, 0.4) is 0 Å². The van der Waals surface area contributed by atoms with Gasteiger partial charge in [-0.2, -0.15) is 0 Å². The van der Waals surface area contributed by atoms with Crippen molar-refractivity contribution >= 4 is 17.4 Å². The van der Waals surface area contributed by atoms with E-state index in [1.165, 1.54) is 6.07 Å². The van der Waals surface area contributed by atoms with Crippen molar-refractivity contribution in [3.8, 4) is 0 Å². The number of nitrogens with two attached hydrogens (primary N) is 1. The van der Waals surface area contributed by atoms with Gasteiger partial charge in [0, 0.05) is 6.07 Å². The molecule has 0 bridgehead atoms. The van der Waals surface area contributed by atoms with Crippen LogP contribution in [-0.2, 0) is 6.61 Å². The minimum absolute atomic E-state index is 0.241. The van der Waals surface area contributed by atoms with Crippen molar-refractivity contribution in [2.24, 2.45) is 0 Å². The molecule has 10 heavy (non-hydrogen) atoms. The molecule has 0 atom stereocenters. The fourth-order valence-corrected chi connectivity index (χ4v) is 0.764. The van der Waals surface area contributed by atoms with Gasteiger partial charge in [-0.15, -0.1) is 0 Å². The van der Waals surface area contributed by atoms with Gasteiger partial charge in [0.2, 0.25) is 0 Å². The lowest BCUT2D eigenvalue weighted by molar-refractivity contribution is 0.271. The molecule has 0 fully saturated rings. The quantitative estimate of drug-likeness (QED) is 0.575. The maximum Gasteiger partial charge on any atom is 0.157 e. The van der Waals surface area contributed by atoms with Crippen LogP contribution in [0.1, 0.15) is 5.82 Å². The predicted molar refractivity (Wildman–Crippen MR) is 37.4 cm³/mol. The molecule has 0 aliphatic rings. The molecule has 0 radical (unpaired) electrons. The number of rotatable bonds is 1. The molecule has 1 aromatic rings. The lowest BCUT2D eigenvalue weighted by Crippen LogP contribution is -1.98. The Morgan fingerprint density at radius 3 is 2.80 bits per heavy atom. The summed E-state index contributed by atoms with van der Waals surface area (Å²) in [6, 6.07) is 1.42. The van der Waals surface area contributed by atoms with E-state index in [9.17, 15) is 0 Å². The molecule has 3 N–H and O–H groups in total. The predicted octanol–water partition coefficient (Wildman–Crippen LogP) is 0.205. The summed E-state index contributed by atoms with van der Waals surface area (Å²) in [5.74, 6) is 0.508. The molecule has 1 aromatic heterocycles. The molecular weight excluding hydrogens is 154 g/mol. The van der Waals surface area contributed by atoms with Gasteiger partial charge >= 0.3 is 0 Å². The van der Waals surface area contributed by atoms with Crippen LogP contribution in [0, 0.1) is 0 Å². The van der Waals surface area contributed by atoms with Gasteiger partial charge < -0.3 is 10.8 Å². The van der Waals surface area contributed by atoms with Crippen molar-refractivity contribution in [2.45, 2.75) is 6.61 Å². The fourth-order valence-electron chi connectivity index (χ4n) is 0.555. The summed E-state index contributed by atoms with van der Waals surface area (Å²) in [4.78, 5) is 7.36. The third-order valence-corrected chi connectivity index (χ3v) is 1.10. The Balaban J connectivity index is 3.06. The first-order valence-electron chi connectivity index (χ1n) is 2.62. The molecule has 0 saturated heterocycles. The van der Waals surface area contributed by atoms with E-state index >= 15 is 0 Å². The number of aromatic nitrogens is 2. The molecule has 1 rings (SSSR count). The first-order chi connectivity index (χ1) is 4.72. The SMILES string of the molecule is Nc1cc(Cl)nc(CO)n1. The van der Waals surface area contributed by atoms with Gasteiger partial charge in [0.15, 0.2) is 5.82 Å². The number of anilines is 1. The number of hydrogen-bond acceptors (Lipinski definition) is 4. The zero-order chi connectivity index (χ0) is 7.56. The maximum atomic E-state index is 8.55. The zero-order valence-corrected chi connectivity index (χ0v) is 5.84. The molecule has 0 aliphatic heterocycles. The van der Waals surface area contributed by atoms with Crippen LogP contribution in [-0.4, -0.2) is 15.1 Å². The monoisotopic (exact) mass is 159 g/mol. The molecule has 1 heterocycles. The second-order valence-electron chi connectivity index (χ2n) is 1.69. The molecule has 0 unspecified atom stereocenters.